The number of methoxy groups -OCH3 is 1. The molecule has 0 bridgehead atoms. The first-order valence-corrected chi connectivity index (χ1v) is 12.3. The Morgan fingerprint density at radius 3 is 2.34 bits per heavy atom. The third-order valence-electron chi connectivity index (χ3n) is 5.33. The van der Waals surface area contributed by atoms with Gasteiger partial charge in [0.15, 0.2) is 11.5 Å². The largest absolute Gasteiger partial charge is 0.493 e. The minimum atomic E-state index is -0.768. The molecule has 2 aromatic rings. The van der Waals surface area contributed by atoms with E-state index >= 15 is 0 Å². The van der Waals surface area contributed by atoms with E-state index in [-0.39, 0.29) is 24.5 Å². The van der Waals surface area contributed by atoms with Crippen LogP contribution in [0.1, 0.15) is 61.4 Å². The maximum Gasteiger partial charge on any atom is 0.338 e. The van der Waals surface area contributed by atoms with E-state index in [0.717, 1.165) is 49.4 Å². The zero-order valence-electron chi connectivity index (χ0n) is 21.6. The molecule has 0 aromatic heterocycles. The molecule has 0 spiro atoms. The summed E-state index contributed by atoms with van der Waals surface area (Å²) in [5, 5.41) is 13.6. The highest BCUT2D eigenvalue weighted by Crippen LogP contribution is 2.29. The number of carbonyl (C=O) groups excluding carboxylic acids is 2. The molecule has 204 valence electrons. The van der Waals surface area contributed by atoms with Crippen LogP contribution in [0.4, 0.5) is 11.4 Å². The average Bonchev–Trinajstić information content (AvgIpc) is 2.93. The number of non-ortho nitro benzene ring substituents is 1. The monoisotopic (exact) mass is 528 g/mol. The van der Waals surface area contributed by atoms with E-state index in [1.54, 1.807) is 25.3 Å². The Bertz CT molecular complexity index is 1130. The fourth-order valence-electron chi connectivity index (χ4n) is 3.30. The molecule has 2 aromatic carbocycles. The highest BCUT2D eigenvalue weighted by atomic mass is 16.6. The van der Waals surface area contributed by atoms with E-state index in [2.05, 4.69) is 12.1 Å². The molecular weight excluding hydrogens is 496 g/mol. The van der Waals surface area contributed by atoms with Gasteiger partial charge in [-0.15, -0.1) is 4.91 Å². The number of hydrogen-bond acceptors (Lipinski definition) is 10. The van der Waals surface area contributed by atoms with Crippen LogP contribution >= 0.6 is 0 Å². The fourth-order valence-corrected chi connectivity index (χ4v) is 3.30. The summed E-state index contributed by atoms with van der Waals surface area (Å²) in [7, 11) is 1.56. The molecule has 0 amide bonds. The molecule has 0 aliphatic carbocycles. The van der Waals surface area contributed by atoms with Crippen LogP contribution in [0.25, 0.3) is 6.08 Å². The van der Waals surface area contributed by atoms with Gasteiger partial charge in [-0.2, -0.15) is 0 Å². The zero-order chi connectivity index (χ0) is 27.8. The third-order valence-corrected chi connectivity index (χ3v) is 5.33. The van der Waals surface area contributed by atoms with Crippen molar-refractivity contribution < 1.29 is 33.5 Å². The molecule has 0 aliphatic rings. The van der Waals surface area contributed by atoms with Crippen LogP contribution in [0.2, 0.25) is 0 Å². The molecule has 11 nitrogen and oxygen atoms in total. The normalized spacial score (nSPS) is 10.7. The molecule has 0 fully saturated rings. The minimum Gasteiger partial charge on any atom is -0.493 e. The second-order valence-electron chi connectivity index (χ2n) is 8.25. The molecule has 0 aliphatic heterocycles. The Morgan fingerprint density at radius 2 is 1.68 bits per heavy atom. The number of benzene rings is 2. The Hall–Kier alpha value is -4.28. The molecule has 38 heavy (non-hydrogen) atoms. The molecule has 0 heterocycles. The van der Waals surface area contributed by atoms with Crippen molar-refractivity contribution in [3.63, 3.8) is 0 Å². The summed E-state index contributed by atoms with van der Waals surface area (Å²) in [5.74, 6) is 0.0248. The number of unbranched alkanes of at least 4 members (excludes halogenated alkanes) is 4. The molecule has 2 rings (SSSR count). The fraction of sp³-hybridized carbons (Fsp3) is 0.407. The van der Waals surface area contributed by atoms with Gasteiger partial charge in [-0.05, 0) is 67.1 Å². The topological polar surface area (TPSA) is 144 Å². The highest BCUT2D eigenvalue weighted by Gasteiger charge is 2.16. The van der Waals surface area contributed by atoms with E-state index in [1.807, 2.05) is 6.07 Å². The quantitative estimate of drug-likeness (QED) is 0.0589. The van der Waals surface area contributed by atoms with Crippen molar-refractivity contribution in [3.8, 4) is 11.5 Å². The summed E-state index contributed by atoms with van der Waals surface area (Å²) < 4.78 is 21.4. The van der Waals surface area contributed by atoms with Crippen LogP contribution in [-0.4, -0.2) is 43.8 Å². The Morgan fingerprint density at radius 1 is 0.947 bits per heavy atom. The maximum atomic E-state index is 12.1. The van der Waals surface area contributed by atoms with E-state index in [1.165, 1.54) is 6.08 Å². The van der Waals surface area contributed by atoms with E-state index in [9.17, 15) is 24.6 Å². The number of nitroso groups, excluding NO2 is 1. The number of ether oxygens (including phenoxy) is 4. The van der Waals surface area contributed by atoms with Crippen molar-refractivity contribution in [1.82, 2.24) is 0 Å². The van der Waals surface area contributed by atoms with Crippen LogP contribution in [-0.2, 0) is 14.3 Å². The van der Waals surface area contributed by atoms with E-state index in [0.29, 0.717) is 30.9 Å². The standard InChI is InChI=1S/C27H32N2O9/c1-3-4-13-36-24-11-9-20(16-25(24)35-2)10-12-26(30)37-14-7-5-6-8-15-38-27(31)21-17-22(28-32)19-23(18-21)29(33)34/h9-12,16-19H,3-8,13-15H2,1-2H3/b12-10+. The van der Waals surface area contributed by atoms with Gasteiger partial charge in [0.2, 0.25) is 0 Å². The molecule has 0 unspecified atom stereocenters. The van der Waals surface area contributed by atoms with Crippen LogP contribution in [0.5, 0.6) is 11.5 Å². The highest BCUT2D eigenvalue weighted by molar-refractivity contribution is 5.91. The van der Waals surface area contributed by atoms with Crippen molar-refractivity contribution in [2.24, 2.45) is 5.18 Å². The van der Waals surface area contributed by atoms with Crippen molar-refractivity contribution in [2.75, 3.05) is 26.9 Å². The summed E-state index contributed by atoms with van der Waals surface area (Å²) in [4.78, 5) is 45.0. The van der Waals surface area contributed by atoms with Gasteiger partial charge < -0.3 is 18.9 Å². The van der Waals surface area contributed by atoms with Gasteiger partial charge in [-0.3, -0.25) is 10.1 Å². The number of rotatable bonds is 17. The zero-order valence-corrected chi connectivity index (χ0v) is 21.6. The lowest BCUT2D eigenvalue weighted by atomic mass is 10.1. The molecule has 0 saturated heterocycles. The summed E-state index contributed by atoms with van der Waals surface area (Å²) in [6, 6.07) is 8.58. The summed E-state index contributed by atoms with van der Waals surface area (Å²) in [5.41, 5.74) is 0.0347. The van der Waals surface area contributed by atoms with Crippen molar-refractivity contribution in [3.05, 3.63) is 68.6 Å². The second kappa shape index (κ2) is 16.5. The number of esters is 2. The van der Waals surface area contributed by atoms with Crippen LogP contribution in [0, 0.1) is 15.0 Å². The second-order valence-corrected chi connectivity index (χ2v) is 8.25. The van der Waals surface area contributed by atoms with Gasteiger partial charge in [-0.25, -0.2) is 9.59 Å². The Labute approximate surface area is 220 Å². The van der Waals surface area contributed by atoms with Gasteiger partial charge in [0.05, 0.1) is 37.4 Å². The summed E-state index contributed by atoms with van der Waals surface area (Å²) in [6.07, 6.45) is 7.67. The first kappa shape index (κ1) is 29.9. The number of nitro benzene ring substituents is 1. The molecule has 0 saturated carbocycles. The van der Waals surface area contributed by atoms with Gasteiger partial charge >= 0.3 is 11.9 Å². The Balaban J connectivity index is 1.64. The molecule has 11 heteroatoms. The number of carbonyl (C=O) groups is 2. The first-order chi connectivity index (χ1) is 18.4. The van der Waals surface area contributed by atoms with Crippen molar-refractivity contribution in [2.45, 2.75) is 45.4 Å². The number of hydrogen-bond donors (Lipinski definition) is 0. The van der Waals surface area contributed by atoms with Crippen LogP contribution in [0.15, 0.2) is 47.7 Å². The predicted molar refractivity (Wildman–Crippen MR) is 141 cm³/mol. The van der Waals surface area contributed by atoms with Crippen LogP contribution < -0.4 is 9.47 Å². The average molecular weight is 529 g/mol. The molecule has 0 atom stereocenters. The van der Waals surface area contributed by atoms with Gasteiger partial charge in [-0.1, -0.05) is 19.4 Å². The summed E-state index contributed by atoms with van der Waals surface area (Å²) >= 11 is 0. The van der Waals surface area contributed by atoms with Crippen molar-refractivity contribution >= 4 is 29.4 Å². The number of nitrogens with zero attached hydrogens (tertiary/aromatic N) is 2. The van der Waals surface area contributed by atoms with E-state index in [4.69, 9.17) is 18.9 Å². The SMILES string of the molecule is CCCCOc1ccc(/C=C/C(=O)OCCCCCCOC(=O)c2cc(N=O)cc([N+](=O)[O-])c2)cc1OC. The molecular formula is C27H32N2O9. The van der Waals surface area contributed by atoms with Gasteiger partial charge in [0.1, 0.15) is 5.69 Å². The predicted octanol–water partition coefficient (Wildman–Crippen LogP) is 6.15. The molecule has 0 N–H and O–H groups in total. The lowest BCUT2D eigenvalue weighted by Crippen LogP contribution is -2.07. The van der Waals surface area contributed by atoms with Gasteiger partial charge in [0, 0.05) is 18.2 Å². The van der Waals surface area contributed by atoms with E-state index < -0.39 is 22.5 Å². The van der Waals surface area contributed by atoms with Gasteiger partial charge in [0.25, 0.3) is 5.69 Å². The third kappa shape index (κ3) is 10.4. The van der Waals surface area contributed by atoms with Crippen molar-refractivity contribution in [1.29, 1.82) is 0 Å². The minimum absolute atomic E-state index is 0.108. The maximum absolute atomic E-state index is 12.1. The Kier molecular flexibility index (Phi) is 13.0. The smallest absolute Gasteiger partial charge is 0.338 e. The lowest BCUT2D eigenvalue weighted by molar-refractivity contribution is -0.384. The summed E-state index contributed by atoms with van der Waals surface area (Å²) in [6.45, 7) is 3.07. The first-order valence-electron chi connectivity index (χ1n) is 12.3. The van der Waals surface area contributed by atoms with Crippen LogP contribution in [0.3, 0.4) is 0 Å². The number of nitro groups is 1. The molecule has 0 radical (unpaired) electrons. The lowest BCUT2D eigenvalue weighted by Gasteiger charge is -2.10.